The van der Waals surface area contributed by atoms with E-state index in [1.165, 1.54) is 20.0 Å². The van der Waals surface area contributed by atoms with Crippen molar-refractivity contribution >= 4 is 35.2 Å². The van der Waals surface area contributed by atoms with Crippen molar-refractivity contribution in [1.82, 2.24) is 10.6 Å². The van der Waals surface area contributed by atoms with Crippen LogP contribution in [-0.2, 0) is 9.53 Å². The lowest BCUT2D eigenvalue weighted by Gasteiger charge is -2.12. The molecule has 1 rings (SSSR count). The molecule has 9 nitrogen and oxygen atoms in total. The fourth-order valence-electron chi connectivity index (χ4n) is 1.38. The van der Waals surface area contributed by atoms with Gasteiger partial charge in [-0.15, -0.1) is 0 Å². The molecule has 118 valence electrons. The summed E-state index contributed by atoms with van der Waals surface area (Å²) >= 11 is 5.69. The lowest BCUT2D eigenvalue weighted by molar-refractivity contribution is -0.385. The van der Waals surface area contributed by atoms with E-state index in [9.17, 15) is 24.5 Å². The Morgan fingerprint density at radius 1 is 1.36 bits per heavy atom. The monoisotopic (exact) mass is 329 g/mol. The lowest BCUT2D eigenvalue weighted by Crippen LogP contribution is -2.43. The number of nitrogens with one attached hydrogen (secondary N) is 2. The minimum absolute atomic E-state index is 0.0972. The minimum atomic E-state index is -1.33. The lowest BCUT2D eigenvalue weighted by atomic mass is 10.2. The van der Waals surface area contributed by atoms with Gasteiger partial charge in [-0.2, -0.15) is 0 Å². The Hall–Kier alpha value is -2.68. The highest BCUT2D eigenvalue weighted by atomic mass is 35.5. The zero-order valence-electron chi connectivity index (χ0n) is 11.6. The topological polar surface area (TPSA) is 128 Å². The molecule has 1 aromatic carbocycles. The molecule has 0 aliphatic rings. The highest BCUT2D eigenvalue weighted by molar-refractivity contribution is 6.31. The maximum absolute atomic E-state index is 11.9. The van der Waals surface area contributed by atoms with Crippen molar-refractivity contribution in [3.8, 4) is 0 Å². The van der Waals surface area contributed by atoms with Gasteiger partial charge in [0.15, 0.2) is 6.10 Å². The first-order chi connectivity index (χ1) is 10.3. The molecule has 2 N–H and O–H groups in total. The molecule has 0 aliphatic carbocycles. The summed E-state index contributed by atoms with van der Waals surface area (Å²) in [7, 11) is 1.30. The van der Waals surface area contributed by atoms with Crippen LogP contribution in [0.5, 0.6) is 0 Å². The molecule has 22 heavy (non-hydrogen) atoms. The molecule has 1 atom stereocenters. The molecule has 0 radical (unpaired) electrons. The van der Waals surface area contributed by atoms with Crippen molar-refractivity contribution in [3.63, 3.8) is 0 Å². The Morgan fingerprint density at radius 3 is 2.55 bits per heavy atom. The fourth-order valence-corrected chi connectivity index (χ4v) is 1.56. The maximum Gasteiger partial charge on any atom is 0.345 e. The summed E-state index contributed by atoms with van der Waals surface area (Å²) in [5.41, 5.74) is -0.898. The molecular formula is C12H12ClN3O6. The highest BCUT2D eigenvalue weighted by Gasteiger charge is 2.26. The largest absolute Gasteiger partial charge is 0.449 e. The van der Waals surface area contributed by atoms with Crippen LogP contribution in [-0.4, -0.2) is 36.0 Å². The Labute approximate surface area is 129 Å². The van der Waals surface area contributed by atoms with Crippen LogP contribution >= 0.6 is 11.6 Å². The smallest absolute Gasteiger partial charge is 0.345 e. The summed E-state index contributed by atoms with van der Waals surface area (Å²) in [5.74, 6) is -1.98. The number of rotatable bonds is 4. The van der Waals surface area contributed by atoms with Crippen molar-refractivity contribution in [2.24, 2.45) is 0 Å². The number of imide groups is 1. The van der Waals surface area contributed by atoms with E-state index in [0.717, 1.165) is 12.1 Å². The second kappa shape index (κ2) is 7.36. The third-order valence-electron chi connectivity index (χ3n) is 2.49. The van der Waals surface area contributed by atoms with Crippen molar-refractivity contribution in [2.75, 3.05) is 7.05 Å². The van der Waals surface area contributed by atoms with Crippen LogP contribution in [0.2, 0.25) is 5.02 Å². The number of amides is 3. The van der Waals surface area contributed by atoms with Gasteiger partial charge in [-0.3, -0.25) is 20.2 Å². The molecule has 0 bridgehead atoms. The molecule has 0 saturated heterocycles. The molecule has 0 aromatic heterocycles. The average molecular weight is 330 g/mol. The van der Waals surface area contributed by atoms with E-state index in [1.54, 1.807) is 0 Å². The molecule has 0 spiro atoms. The number of carbonyl (C=O) groups excluding carboxylic acids is 3. The van der Waals surface area contributed by atoms with Crippen LogP contribution < -0.4 is 10.6 Å². The highest BCUT2D eigenvalue weighted by Crippen LogP contribution is 2.23. The van der Waals surface area contributed by atoms with E-state index in [1.807, 2.05) is 5.32 Å². The first-order valence-electron chi connectivity index (χ1n) is 5.93. The van der Waals surface area contributed by atoms with Gasteiger partial charge < -0.3 is 10.1 Å². The van der Waals surface area contributed by atoms with Gasteiger partial charge >= 0.3 is 12.0 Å². The van der Waals surface area contributed by atoms with E-state index in [2.05, 4.69) is 5.32 Å². The van der Waals surface area contributed by atoms with Gasteiger partial charge in [0.1, 0.15) is 5.56 Å². The molecule has 0 saturated carbocycles. The van der Waals surface area contributed by atoms with Crippen LogP contribution in [0.1, 0.15) is 17.3 Å². The number of ether oxygens (including phenoxy) is 1. The van der Waals surface area contributed by atoms with Crippen LogP contribution in [0.4, 0.5) is 10.5 Å². The molecule has 0 fully saturated rings. The van der Waals surface area contributed by atoms with Gasteiger partial charge in [0, 0.05) is 18.1 Å². The SMILES string of the molecule is CNC(=O)NC(=O)[C@@H](C)OC(=O)c1cc(Cl)ccc1[N+](=O)[O-]. The third kappa shape index (κ3) is 4.42. The molecular weight excluding hydrogens is 318 g/mol. The number of hydrogen-bond acceptors (Lipinski definition) is 6. The molecule has 0 heterocycles. The zero-order chi connectivity index (χ0) is 16.9. The van der Waals surface area contributed by atoms with Crippen molar-refractivity contribution < 1.29 is 24.0 Å². The Bertz CT molecular complexity index is 633. The second-order valence-corrected chi connectivity index (χ2v) is 4.47. The predicted octanol–water partition coefficient (Wildman–Crippen LogP) is 1.25. The number of esters is 1. The second-order valence-electron chi connectivity index (χ2n) is 4.03. The number of carbonyl (C=O) groups is 3. The fraction of sp³-hybridized carbons (Fsp3) is 0.250. The maximum atomic E-state index is 11.9. The summed E-state index contributed by atoms with van der Waals surface area (Å²) < 4.78 is 4.80. The van der Waals surface area contributed by atoms with Crippen LogP contribution in [0.25, 0.3) is 0 Å². The number of nitro benzene ring substituents is 1. The number of nitro groups is 1. The van der Waals surface area contributed by atoms with Gasteiger partial charge in [-0.1, -0.05) is 11.6 Å². The first-order valence-corrected chi connectivity index (χ1v) is 6.31. The van der Waals surface area contributed by atoms with Crippen LogP contribution in [0, 0.1) is 10.1 Å². The Balaban J connectivity index is 2.89. The Kier molecular flexibility index (Phi) is 5.81. The number of urea groups is 1. The van der Waals surface area contributed by atoms with E-state index in [0.29, 0.717) is 0 Å². The minimum Gasteiger partial charge on any atom is -0.449 e. The average Bonchev–Trinajstić information content (AvgIpc) is 2.46. The standard InChI is InChI=1S/C12H12ClN3O6/c1-6(10(17)15-12(19)14-2)22-11(18)8-5-7(13)3-4-9(8)16(20)21/h3-6H,1-2H3,(H2,14,15,17,19)/t6-/m1/s1. The summed E-state index contributed by atoms with van der Waals surface area (Å²) in [6.07, 6.45) is -1.33. The van der Waals surface area contributed by atoms with Crippen molar-refractivity contribution in [3.05, 3.63) is 38.9 Å². The molecule has 0 aliphatic heterocycles. The zero-order valence-corrected chi connectivity index (χ0v) is 12.3. The van der Waals surface area contributed by atoms with Gasteiger partial charge in [0.05, 0.1) is 4.92 Å². The van der Waals surface area contributed by atoms with E-state index in [4.69, 9.17) is 16.3 Å². The molecule has 0 unspecified atom stereocenters. The van der Waals surface area contributed by atoms with Crippen molar-refractivity contribution in [2.45, 2.75) is 13.0 Å². The summed E-state index contributed by atoms with van der Waals surface area (Å²) in [6.45, 7) is 1.21. The summed E-state index contributed by atoms with van der Waals surface area (Å²) in [4.78, 5) is 44.6. The van der Waals surface area contributed by atoms with E-state index >= 15 is 0 Å². The summed E-state index contributed by atoms with van der Waals surface area (Å²) in [5, 5.41) is 15.0. The van der Waals surface area contributed by atoms with E-state index < -0.39 is 40.2 Å². The van der Waals surface area contributed by atoms with Gasteiger partial charge in [0.25, 0.3) is 11.6 Å². The predicted molar refractivity (Wildman–Crippen MR) is 75.6 cm³/mol. The van der Waals surface area contributed by atoms with Gasteiger partial charge in [-0.25, -0.2) is 9.59 Å². The number of benzene rings is 1. The normalized spacial score (nSPS) is 11.2. The third-order valence-corrected chi connectivity index (χ3v) is 2.73. The Morgan fingerprint density at radius 2 is 2.00 bits per heavy atom. The quantitative estimate of drug-likeness (QED) is 0.486. The van der Waals surface area contributed by atoms with E-state index in [-0.39, 0.29) is 5.02 Å². The number of halogens is 1. The van der Waals surface area contributed by atoms with Crippen LogP contribution in [0.3, 0.4) is 0 Å². The van der Waals surface area contributed by atoms with Crippen LogP contribution in [0.15, 0.2) is 18.2 Å². The number of nitrogens with zero attached hydrogens (tertiary/aromatic N) is 1. The number of hydrogen-bond donors (Lipinski definition) is 2. The first kappa shape index (κ1) is 17.4. The molecule has 10 heteroatoms. The summed E-state index contributed by atoms with van der Waals surface area (Å²) in [6, 6.07) is 2.58. The van der Waals surface area contributed by atoms with Gasteiger partial charge in [0.2, 0.25) is 0 Å². The van der Waals surface area contributed by atoms with Crippen molar-refractivity contribution in [1.29, 1.82) is 0 Å². The van der Waals surface area contributed by atoms with Gasteiger partial charge in [-0.05, 0) is 19.1 Å². The molecule has 3 amide bonds. The molecule has 1 aromatic rings.